The standard InChI is InChI=1S/C17H18N2O3S/c20-16-15(8-4-7-14-5-2-1-3-6-14)23-17(21)19(16)13-18-9-11-22-12-10-18/h1-8H,9-13H2/b7-4+,15-8+. The van der Waals surface area contributed by atoms with Crippen LogP contribution in [-0.4, -0.2) is 53.9 Å². The number of hydrogen-bond donors (Lipinski definition) is 0. The molecule has 0 unspecified atom stereocenters. The Bertz CT molecular complexity index is 636. The molecule has 6 heteroatoms. The van der Waals surface area contributed by atoms with Crippen molar-refractivity contribution < 1.29 is 14.3 Å². The zero-order chi connectivity index (χ0) is 16.1. The SMILES string of the molecule is O=C1S/C(=C/C=C/c2ccccc2)C(=O)N1CN1CCOCC1. The maximum atomic E-state index is 12.4. The minimum atomic E-state index is -0.218. The van der Waals surface area contributed by atoms with E-state index in [1.165, 1.54) is 4.90 Å². The van der Waals surface area contributed by atoms with Gasteiger partial charge in [-0.2, -0.15) is 0 Å². The van der Waals surface area contributed by atoms with Gasteiger partial charge in [0, 0.05) is 13.1 Å². The molecule has 0 bridgehead atoms. The predicted octanol–water partition coefficient (Wildman–Crippen LogP) is 2.57. The average Bonchev–Trinajstić information content (AvgIpc) is 2.85. The maximum Gasteiger partial charge on any atom is 0.294 e. The number of rotatable bonds is 4. The van der Waals surface area contributed by atoms with Crippen LogP contribution in [0.5, 0.6) is 0 Å². The Morgan fingerprint density at radius 3 is 2.61 bits per heavy atom. The molecule has 2 fully saturated rings. The Balaban J connectivity index is 1.63. The number of carbonyl (C=O) groups excluding carboxylic acids is 2. The molecule has 0 N–H and O–H groups in total. The molecule has 23 heavy (non-hydrogen) atoms. The number of amides is 2. The lowest BCUT2D eigenvalue weighted by atomic mass is 10.2. The smallest absolute Gasteiger partial charge is 0.294 e. The second-order valence-electron chi connectivity index (χ2n) is 5.27. The Labute approximate surface area is 139 Å². The van der Waals surface area contributed by atoms with E-state index in [1.807, 2.05) is 36.4 Å². The van der Waals surface area contributed by atoms with Gasteiger partial charge in [0.1, 0.15) is 0 Å². The Hall–Kier alpha value is -1.89. The lowest BCUT2D eigenvalue weighted by Gasteiger charge is -2.29. The molecule has 2 heterocycles. The van der Waals surface area contributed by atoms with Gasteiger partial charge in [-0.25, -0.2) is 0 Å². The third kappa shape index (κ3) is 4.10. The van der Waals surface area contributed by atoms with Crippen LogP contribution in [-0.2, 0) is 9.53 Å². The van der Waals surface area contributed by atoms with Crippen molar-refractivity contribution in [1.82, 2.24) is 9.80 Å². The van der Waals surface area contributed by atoms with E-state index in [2.05, 4.69) is 4.90 Å². The Morgan fingerprint density at radius 2 is 1.87 bits per heavy atom. The number of ether oxygens (including phenoxy) is 1. The molecule has 2 amide bonds. The van der Waals surface area contributed by atoms with Crippen LogP contribution < -0.4 is 0 Å². The molecule has 2 aliphatic heterocycles. The van der Waals surface area contributed by atoms with E-state index in [0.29, 0.717) is 24.8 Å². The third-order valence-corrected chi connectivity index (χ3v) is 4.58. The summed E-state index contributed by atoms with van der Waals surface area (Å²) >= 11 is 0.995. The minimum absolute atomic E-state index is 0.208. The van der Waals surface area contributed by atoms with Gasteiger partial charge in [0.25, 0.3) is 11.1 Å². The van der Waals surface area contributed by atoms with E-state index in [-0.39, 0.29) is 11.1 Å². The highest BCUT2D eigenvalue weighted by Crippen LogP contribution is 2.30. The number of thioether (sulfide) groups is 1. The summed E-state index contributed by atoms with van der Waals surface area (Å²) in [7, 11) is 0. The molecule has 1 aromatic carbocycles. The zero-order valence-corrected chi connectivity index (χ0v) is 13.5. The van der Waals surface area contributed by atoms with Crippen LogP contribution >= 0.6 is 11.8 Å². The van der Waals surface area contributed by atoms with E-state index in [9.17, 15) is 9.59 Å². The van der Waals surface area contributed by atoms with E-state index >= 15 is 0 Å². The summed E-state index contributed by atoms with van der Waals surface area (Å²) < 4.78 is 5.28. The lowest BCUT2D eigenvalue weighted by molar-refractivity contribution is -0.125. The van der Waals surface area contributed by atoms with Gasteiger partial charge in [-0.3, -0.25) is 19.4 Å². The Morgan fingerprint density at radius 1 is 1.13 bits per heavy atom. The molecular weight excluding hydrogens is 312 g/mol. The van der Waals surface area contributed by atoms with Gasteiger partial charge in [0.15, 0.2) is 0 Å². The van der Waals surface area contributed by atoms with Gasteiger partial charge in [0.2, 0.25) is 0 Å². The van der Waals surface area contributed by atoms with Crippen molar-refractivity contribution in [3.8, 4) is 0 Å². The van der Waals surface area contributed by atoms with Crippen molar-refractivity contribution >= 4 is 29.0 Å². The van der Waals surface area contributed by atoms with Crippen molar-refractivity contribution in [1.29, 1.82) is 0 Å². The topological polar surface area (TPSA) is 49.9 Å². The highest BCUT2D eigenvalue weighted by atomic mass is 32.2. The van der Waals surface area contributed by atoms with Gasteiger partial charge in [0.05, 0.1) is 24.8 Å². The van der Waals surface area contributed by atoms with Crippen molar-refractivity contribution in [2.75, 3.05) is 33.0 Å². The lowest BCUT2D eigenvalue weighted by Crippen LogP contribution is -2.45. The molecule has 5 nitrogen and oxygen atoms in total. The van der Waals surface area contributed by atoms with Gasteiger partial charge in [-0.1, -0.05) is 42.5 Å². The van der Waals surface area contributed by atoms with Crippen molar-refractivity contribution in [3.05, 3.63) is 53.0 Å². The summed E-state index contributed by atoms with van der Waals surface area (Å²) in [4.78, 5) is 28.2. The zero-order valence-electron chi connectivity index (χ0n) is 12.7. The van der Waals surface area contributed by atoms with Crippen LogP contribution in [0, 0.1) is 0 Å². The van der Waals surface area contributed by atoms with Gasteiger partial charge in [-0.05, 0) is 23.4 Å². The molecule has 0 aliphatic carbocycles. The monoisotopic (exact) mass is 330 g/mol. The first-order chi connectivity index (χ1) is 11.2. The minimum Gasteiger partial charge on any atom is -0.379 e. The van der Waals surface area contributed by atoms with E-state index < -0.39 is 0 Å². The number of hydrogen-bond acceptors (Lipinski definition) is 5. The molecule has 0 saturated carbocycles. The van der Waals surface area contributed by atoms with E-state index in [0.717, 1.165) is 30.4 Å². The molecular formula is C17H18N2O3S. The van der Waals surface area contributed by atoms with E-state index in [1.54, 1.807) is 12.2 Å². The fourth-order valence-electron chi connectivity index (χ4n) is 2.39. The third-order valence-electron chi connectivity index (χ3n) is 3.65. The summed E-state index contributed by atoms with van der Waals surface area (Å²) in [5.41, 5.74) is 1.05. The quantitative estimate of drug-likeness (QED) is 0.794. The van der Waals surface area contributed by atoms with Crippen LogP contribution in [0.25, 0.3) is 6.08 Å². The second kappa shape index (κ2) is 7.59. The molecule has 2 saturated heterocycles. The fourth-order valence-corrected chi connectivity index (χ4v) is 3.17. The van der Waals surface area contributed by atoms with Gasteiger partial charge >= 0.3 is 0 Å². The number of carbonyl (C=O) groups is 2. The molecule has 2 aliphatic rings. The predicted molar refractivity (Wildman–Crippen MR) is 90.7 cm³/mol. The maximum absolute atomic E-state index is 12.4. The molecule has 1 aromatic rings. The largest absolute Gasteiger partial charge is 0.379 e. The molecule has 0 atom stereocenters. The summed E-state index contributed by atoms with van der Waals surface area (Å²) in [6.07, 6.45) is 5.42. The van der Waals surface area contributed by atoms with Crippen molar-refractivity contribution in [2.45, 2.75) is 0 Å². The number of imide groups is 1. The second-order valence-corrected chi connectivity index (χ2v) is 6.27. The molecule has 3 rings (SSSR count). The highest BCUT2D eigenvalue weighted by Gasteiger charge is 2.35. The van der Waals surface area contributed by atoms with Crippen LogP contribution in [0.1, 0.15) is 5.56 Å². The summed E-state index contributed by atoms with van der Waals surface area (Å²) in [5, 5.41) is -0.208. The Kier molecular flexibility index (Phi) is 5.27. The molecule has 0 aromatic heterocycles. The molecule has 120 valence electrons. The van der Waals surface area contributed by atoms with Crippen molar-refractivity contribution in [2.24, 2.45) is 0 Å². The first-order valence-electron chi connectivity index (χ1n) is 7.51. The normalized spacial score (nSPS) is 21.7. The first kappa shape index (κ1) is 16.0. The summed E-state index contributed by atoms with van der Waals surface area (Å²) in [5.74, 6) is -0.218. The van der Waals surface area contributed by atoms with E-state index in [4.69, 9.17) is 4.74 Å². The number of allylic oxidation sites excluding steroid dienone is 2. The molecule has 0 radical (unpaired) electrons. The summed E-state index contributed by atoms with van der Waals surface area (Å²) in [6.45, 7) is 3.12. The van der Waals surface area contributed by atoms with Gasteiger partial charge < -0.3 is 4.74 Å². The first-order valence-corrected chi connectivity index (χ1v) is 8.33. The number of morpholine rings is 1. The average molecular weight is 330 g/mol. The van der Waals surface area contributed by atoms with Crippen LogP contribution in [0.4, 0.5) is 4.79 Å². The van der Waals surface area contributed by atoms with Crippen LogP contribution in [0.3, 0.4) is 0 Å². The fraction of sp³-hybridized carbons (Fsp3) is 0.294. The van der Waals surface area contributed by atoms with Gasteiger partial charge in [-0.15, -0.1) is 0 Å². The highest BCUT2D eigenvalue weighted by molar-refractivity contribution is 8.18. The number of nitrogens with zero attached hydrogens (tertiary/aromatic N) is 2. The van der Waals surface area contributed by atoms with Crippen LogP contribution in [0.15, 0.2) is 47.4 Å². The number of benzene rings is 1. The molecule has 0 spiro atoms. The van der Waals surface area contributed by atoms with Crippen molar-refractivity contribution in [3.63, 3.8) is 0 Å². The summed E-state index contributed by atoms with van der Waals surface area (Å²) in [6, 6.07) is 9.82. The van der Waals surface area contributed by atoms with Crippen LogP contribution in [0.2, 0.25) is 0 Å².